The Bertz CT molecular complexity index is 799. The zero-order chi connectivity index (χ0) is 19.9. The number of methoxy groups -OCH3 is 1. The summed E-state index contributed by atoms with van der Waals surface area (Å²) < 4.78 is 11.5. The average molecular weight is 384 g/mol. The molecule has 1 aromatic heterocycles. The number of rotatable bonds is 8. The van der Waals surface area contributed by atoms with Crippen molar-refractivity contribution in [2.24, 2.45) is 0 Å². The normalized spacial score (nSPS) is 16.1. The van der Waals surface area contributed by atoms with Gasteiger partial charge in [0.2, 0.25) is 5.91 Å². The summed E-state index contributed by atoms with van der Waals surface area (Å²) in [5.74, 6) is 2.09. The van der Waals surface area contributed by atoms with E-state index in [0.717, 1.165) is 36.5 Å². The van der Waals surface area contributed by atoms with E-state index >= 15 is 0 Å². The highest BCUT2D eigenvalue weighted by Crippen LogP contribution is 2.26. The number of likely N-dealkylation sites (tertiary alicyclic amines) is 1. The molecule has 0 spiro atoms. The molecule has 1 aromatic carbocycles. The monoisotopic (exact) mass is 384 g/mol. The van der Waals surface area contributed by atoms with Crippen LogP contribution >= 0.6 is 0 Å². The maximum absolute atomic E-state index is 12.7. The van der Waals surface area contributed by atoms with Crippen LogP contribution in [0, 0.1) is 0 Å². The highest BCUT2D eigenvalue weighted by atomic mass is 16.5. The number of ether oxygens (including phenoxy) is 2. The van der Waals surface area contributed by atoms with Gasteiger partial charge in [-0.25, -0.2) is 9.97 Å². The third-order valence-electron chi connectivity index (χ3n) is 4.88. The number of carbonyl (C=O) groups is 1. The Hall–Kier alpha value is -2.83. The van der Waals surface area contributed by atoms with Crippen molar-refractivity contribution >= 4 is 11.7 Å². The molecule has 7 heteroatoms. The smallest absolute Gasteiger partial charge is 0.257 e. The van der Waals surface area contributed by atoms with Gasteiger partial charge in [0.1, 0.15) is 11.9 Å². The van der Waals surface area contributed by atoms with Crippen LogP contribution in [0.5, 0.6) is 11.6 Å². The van der Waals surface area contributed by atoms with Crippen molar-refractivity contribution < 1.29 is 14.3 Å². The van der Waals surface area contributed by atoms with E-state index in [1.165, 1.54) is 0 Å². The summed E-state index contributed by atoms with van der Waals surface area (Å²) in [6, 6.07) is 7.63. The van der Waals surface area contributed by atoms with E-state index in [-0.39, 0.29) is 12.0 Å². The molecule has 1 aliphatic rings. The third-order valence-corrected chi connectivity index (χ3v) is 4.88. The maximum atomic E-state index is 12.7. The first kappa shape index (κ1) is 19.9. The fourth-order valence-corrected chi connectivity index (χ4v) is 3.44. The number of benzene rings is 1. The fourth-order valence-electron chi connectivity index (χ4n) is 3.44. The molecule has 150 valence electrons. The van der Waals surface area contributed by atoms with E-state index in [1.807, 2.05) is 41.1 Å². The van der Waals surface area contributed by atoms with Crippen LogP contribution in [0.3, 0.4) is 0 Å². The lowest BCUT2D eigenvalue weighted by Gasteiger charge is -2.21. The second kappa shape index (κ2) is 9.39. The molecule has 0 aliphatic carbocycles. The van der Waals surface area contributed by atoms with Gasteiger partial charge in [0.25, 0.3) is 5.88 Å². The molecule has 0 N–H and O–H groups in total. The summed E-state index contributed by atoms with van der Waals surface area (Å²) >= 11 is 0. The number of nitrogens with zero attached hydrogens (tertiary/aromatic N) is 4. The van der Waals surface area contributed by atoms with Gasteiger partial charge < -0.3 is 19.3 Å². The van der Waals surface area contributed by atoms with Crippen LogP contribution in [-0.4, -0.2) is 60.7 Å². The molecule has 28 heavy (non-hydrogen) atoms. The predicted molar refractivity (Wildman–Crippen MR) is 108 cm³/mol. The first-order chi connectivity index (χ1) is 13.6. The van der Waals surface area contributed by atoms with Crippen LogP contribution in [0.4, 0.5) is 5.82 Å². The minimum Gasteiger partial charge on any atom is -0.496 e. The highest BCUT2D eigenvalue weighted by molar-refractivity contribution is 5.79. The summed E-state index contributed by atoms with van der Waals surface area (Å²) in [6.07, 6.45) is 5.36. The lowest BCUT2D eigenvalue weighted by Crippen LogP contribution is -2.32. The van der Waals surface area contributed by atoms with Gasteiger partial charge in [-0.05, 0) is 12.5 Å². The largest absolute Gasteiger partial charge is 0.496 e. The minimum atomic E-state index is -0.0768. The fraction of sp³-hybridized carbons (Fsp3) is 0.476. The van der Waals surface area contributed by atoms with Gasteiger partial charge in [-0.1, -0.05) is 25.1 Å². The van der Waals surface area contributed by atoms with Gasteiger partial charge in [-0.15, -0.1) is 0 Å². The quantitative estimate of drug-likeness (QED) is 0.697. The number of anilines is 1. The molecule has 2 heterocycles. The zero-order valence-corrected chi connectivity index (χ0v) is 16.8. The van der Waals surface area contributed by atoms with Gasteiger partial charge in [0.15, 0.2) is 5.82 Å². The molecule has 1 unspecified atom stereocenters. The summed E-state index contributed by atoms with van der Waals surface area (Å²) in [4.78, 5) is 25.4. The van der Waals surface area contributed by atoms with E-state index < -0.39 is 0 Å². The average Bonchev–Trinajstić information content (AvgIpc) is 3.17. The van der Waals surface area contributed by atoms with E-state index in [2.05, 4.69) is 16.9 Å². The number of para-hydroxylation sites is 1. The van der Waals surface area contributed by atoms with Crippen LogP contribution in [0.15, 0.2) is 36.7 Å². The highest BCUT2D eigenvalue weighted by Gasteiger charge is 2.29. The molecule has 1 aliphatic heterocycles. The lowest BCUT2D eigenvalue weighted by atomic mass is 10.1. The molecule has 1 atom stereocenters. The van der Waals surface area contributed by atoms with Gasteiger partial charge in [0.05, 0.1) is 20.1 Å². The van der Waals surface area contributed by atoms with Crippen molar-refractivity contribution in [1.82, 2.24) is 14.9 Å². The van der Waals surface area contributed by atoms with E-state index in [0.29, 0.717) is 25.4 Å². The minimum absolute atomic E-state index is 0.0768. The molecule has 1 amide bonds. The maximum Gasteiger partial charge on any atom is 0.257 e. The number of carbonyl (C=O) groups excluding carboxylic acids is 1. The Balaban J connectivity index is 1.61. The molecule has 0 bridgehead atoms. The molecule has 7 nitrogen and oxygen atoms in total. The Morgan fingerprint density at radius 3 is 2.86 bits per heavy atom. The number of hydrogen-bond acceptors (Lipinski definition) is 6. The van der Waals surface area contributed by atoms with E-state index in [9.17, 15) is 4.79 Å². The first-order valence-electron chi connectivity index (χ1n) is 9.70. The SMILES string of the molecule is CCCN(C)c1nccnc1OC1CCN(C(=O)Cc2ccccc2OC)C1. The topological polar surface area (TPSA) is 67.8 Å². The van der Waals surface area contributed by atoms with E-state index in [4.69, 9.17) is 9.47 Å². The van der Waals surface area contributed by atoms with Gasteiger partial charge in [-0.3, -0.25) is 4.79 Å². The first-order valence-corrected chi connectivity index (χ1v) is 9.70. The predicted octanol–water partition coefficient (Wildman–Crippen LogP) is 2.55. The number of aromatic nitrogens is 2. The van der Waals surface area contributed by atoms with Gasteiger partial charge >= 0.3 is 0 Å². The molecular weight excluding hydrogens is 356 g/mol. The molecular formula is C21H28N4O3. The Labute approximate surface area is 166 Å². The second-order valence-electron chi connectivity index (χ2n) is 6.96. The second-order valence-corrected chi connectivity index (χ2v) is 6.96. The zero-order valence-electron chi connectivity index (χ0n) is 16.8. The van der Waals surface area contributed by atoms with Crippen molar-refractivity contribution in [3.63, 3.8) is 0 Å². The summed E-state index contributed by atoms with van der Waals surface area (Å²) in [5.41, 5.74) is 0.900. The molecule has 1 saturated heterocycles. The van der Waals surface area contributed by atoms with Crippen LogP contribution < -0.4 is 14.4 Å². The summed E-state index contributed by atoms with van der Waals surface area (Å²) in [7, 11) is 3.61. The molecule has 0 radical (unpaired) electrons. The van der Waals surface area contributed by atoms with Crippen molar-refractivity contribution in [3.05, 3.63) is 42.2 Å². The Morgan fingerprint density at radius 2 is 2.07 bits per heavy atom. The molecule has 2 aromatic rings. The van der Waals surface area contributed by atoms with Crippen molar-refractivity contribution in [1.29, 1.82) is 0 Å². The van der Waals surface area contributed by atoms with Crippen molar-refractivity contribution in [2.75, 3.05) is 38.7 Å². The Kier molecular flexibility index (Phi) is 6.68. The van der Waals surface area contributed by atoms with Gasteiger partial charge in [-0.2, -0.15) is 0 Å². The third kappa shape index (κ3) is 4.71. The number of amides is 1. The van der Waals surface area contributed by atoms with Crippen molar-refractivity contribution in [3.8, 4) is 11.6 Å². The lowest BCUT2D eigenvalue weighted by molar-refractivity contribution is -0.129. The van der Waals surface area contributed by atoms with Crippen LogP contribution in [0.2, 0.25) is 0 Å². The Morgan fingerprint density at radius 1 is 1.29 bits per heavy atom. The number of hydrogen-bond donors (Lipinski definition) is 0. The van der Waals surface area contributed by atoms with Crippen LogP contribution in [0.1, 0.15) is 25.3 Å². The summed E-state index contributed by atoms with van der Waals surface area (Å²) in [6.45, 7) is 4.24. The standard InChI is InChI=1S/C21H28N4O3/c1-4-12-24(2)20-21(23-11-10-22-20)28-17-9-13-25(15-17)19(26)14-16-7-5-6-8-18(16)27-3/h5-8,10-11,17H,4,9,12-15H2,1-3H3. The molecule has 1 fully saturated rings. The van der Waals surface area contributed by atoms with E-state index in [1.54, 1.807) is 19.5 Å². The van der Waals surface area contributed by atoms with Gasteiger partial charge in [0, 0.05) is 44.5 Å². The van der Waals surface area contributed by atoms with Crippen LogP contribution in [0.25, 0.3) is 0 Å². The summed E-state index contributed by atoms with van der Waals surface area (Å²) in [5, 5.41) is 0. The van der Waals surface area contributed by atoms with Crippen molar-refractivity contribution in [2.45, 2.75) is 32.3 Å². The van der Waals surface area contributed by atoms with Crippen LogP contribution in [-0.2, 0) is 11.2 Å². The molecule has 0 saturated carbocycles. The molecule has 3 rings (SSSR count).